The van der Waals surface area contributed by atoms with E-state index in [1.807, 2.05) is 0 Å². The third-order valence-corrected chi connectivity index (χ3v) is 2.25. The fraction of sp³-hybridized carbons (Fsp3) is 0.545. The van der Waals surface area contributed by atoms with E-state index in [9.17, 15) is 34.2 Å². The van der Waals surface area contributed by atoms with Crippen LogP contribution in [0.5, 0.6) is 0 Å². The molecule has 132 valence electrons. The van der Waals surface area contributed by atoms with Gasteiger partial charge in [-0.05, 0) is 12.8 Å². The molecule has 1 atom stereocenters. The Morgan fingerprint density at radius 1 is 0.920 bits per heavy atom. The molecule has 0 fully saturated rings. The SMILES string of the molecule is NC(CCC(=O)[O-])C(=O)[O-].O=C(O)CC(O)(CC(=O)O)C(=O)O.[Na+].[Na+]. The van der Waals surface area contributed by atoms with Crippen molar-refractivity contribution in [2.45, 2.75) is 37.3 Å². The summed E-state index contributed by atoms with van der Waals surface area (Å²) in [5.74, 6) is -7.77. The third-order valence-electron chi connectivity index (χ3n) is 2.25. The number of carboxylic acids is 5. The zero-order valence-electron chi connectivity index (χ0n) is 13.6. The van der Waals surface area contributed by atoms with Crippen LogP contribution in [0.1, 0.15) is 25.7 Å². The van der Waals surface area contributed by atoms with Crippen LogP contribution in [0, 0.1) is 0 Å². The summed E-state index contributed by atoms with van der Waals surface area (Å²) < 4.78 is 0. The molecule has 0 heterocycles. The summed E-state index contributed by atoms with van der Waals surface area (Å²) in [6.45, 7) is 0. The number of hydrogen-bond donors (Lipinski definition) is 5. The molecule has 0 aliphatic heterocycles. The van der Waals surface area contributed by atoms with Crippen LogP contribution in [0.2, 0.25) is 0 Å². The molecule has 14 heteroatoms. The quantitative estimate of drug-likeness (QED) is 0.233. The first kappa shape index (κ1) is 32.0. The fourth-order valence-electron chi connectivity index (χ4n) is 1.11. The number of aliphatic carboxylic acids is 5. The van der Waals surface area contributed by atoms with Crippen LogP contribution in [0.25, 0.3) is 0 Å². The minimum absolute atomic E-state index is 0. The Kier molecular flexibility index (Phi) is 19.9. The summed E-state index contributed by atoms with van der Waals surface area (Å²) in [6.07, 6.45) is -2.79. The van der Waals surface area contributed by atoms with E-state index in [4.69, 9.17) is 26.2 Å². The summed E-state index contributed by atoms with van der Waals surface area (Å²) in [4.78, 5) is 50.1. The molecule has 6 N–H and O–H groups in total. The second-order valence-electron chi connectivity index (χ2n) is 4.31. The minimum Gasteiger partial charge on any atom is -0.550 e. The Balaban J connectivity index is -0.000000168. The molecular weight excluding hydrogens is 368 g/mol. The molecule has 12 nitrogen and oxygen atoms in total. The number of aliphatic hydroxyl groups is 1. The normalized spacial score (nSPS) is 10.6. The Morgan fingerprint density at radius 3 is 1.48 bits per heavy atom. The van der Waals surface area contributed by atoms with E-state index in [1.54, 1.807) is 0 Å². The summed E-state index contributed by atoms with van der Waals surface area (Å²) in [5.41, 5.74) is 2.17. The van der Waals surface area contributed by atoms with E-state index in [0.29, 0.717) is 0 Å². The van der Waals surface area contributed by atoms with E-state index >= 15 is 0 Å². The molecule has 1 unspecified atom stereocenters. The van der Waals surface area contributed by atoms with Gasteiger partial charge in [-0.15, -0.1) is 0 Å². The zero-order chi connectivity index (χ0) is 18.8. The molecule has 0 bridgehead atoms. The van der Waals surface area contributed by atoms with Crippen molar-refractivity contribution in [3.05, 3.63) is 0 Å². The van der Waals surface area contributed by atoms with Crippen molar-refractivity contribution in [2.24, 2.45) is 5.73 Å². The van der Waals surface area contributed by atoms with Gasteiger partial charge in [-0.25, -0.2) is 4.79 Å². The molecule has 0 aromatic carbocycles. The molecule has 0 aromatic heterocycles. The molecule has 25 heavy (non-hydrogen) atoms. The molecule has 0 spiro atoms. The largest absolute Gasteiger partial charge is 1.00 e. The van der Waals surface area contributed by atoms with Gasteiger partial charge in [0.1, 0.15) is 0 Å². The standard InChI is InChI=1S/C6H8O7.C5H9NO4.2Na/c7-3(8)1-6(13,5(11)12)2-4(9)10;6-3(5(9)10)1-2-4(7)8;;/h13H,1-2H2,(H,7,8)(H,9,10)(H,11,12);3H,1-2,6H2,(H,7,8)(H,9,10);;/q;;2*+1/p-2. The van der Waals surface area contributed by atoms with Gasteiger partial charge in [-0.3, -0.25) is 9.59 Å². The predicted molar refractivity (Wildman–Crippen MR) is 64.3 cm³/mol. The van der Waals surface area contributed by atoms with Gasteiger partial charge in [-0.1, -0.05) is 0 Å². The number of carboxylic acid groups (broad SMARTS) is 5. The number of carbonyl (C=O) groups excluding carboxylic acids is 2. The first-order valence-corrected chi connectivity index (χ1v) is 5.87. The van der Waals surface area contributed by atoms with Gasteiger partial charge >= 0.3 is 77.0 Å². The van der Waals surface area contributed by atoms with Gasteiger partial charge in [0.25, 0.3) is 0 Å². The average molecular weight is 383 g/mol. The Hall–Kier alpha value is -0.730. The topological polar surface area (TPSA) is 238 Å². The van der Waals surface area contributed by atoms with Crippen LogP contribution in [0.4, 0.5) is 0 Å². The molecule has 0 rings (SSSR count). The molecule has 0 aliphatic carbocycles. The maximum atomic E-state index is 10.3. The van der Waals surface area contributed by atoms with Crippen molar-refractivity contribution in [1.29, 1.82) is 0 Å². The summed E-state index contributed by atoms with van der Waals surface area (Å²) in [5, 5.41) is 53.4. The van der Waals surface area contributed by atoms with Gasteiger partial charge in [0.2, 0.25) is 0 Å². The van der Waals surface area contributed by atoms with E-state index in [1.165, 1.54) is 0 Å². The van der Waals surface area contributed by atoms with Crippen molar-refractivity contribution >= 4 is 29.8 Å². The van der Waals surface area contributed by atoms with Crippen molar-refractivity contribution in [1.82, 2.24) is 0 Å². The number of carbonyl (C=O) groups is 5. The Bertz CT molecular complexity index is 467. The Labute approximate surface area is 185 Å². The number of rotatable bonds is 9. The second-order valence-corrected chi connectivity index (χ2v) is 4.31. The molecule has 0 saturated heterocycles. The van der Waals surface area contributed by atoms with Crippen molar-refractivity contribution in [2.75, 3.05) is 0 Å². The summed E-state index contributed by atoms with van der Waals surface area (Å²) in [6, 6.07) is -1.21. The second kappa shape index (κ2) is 15.5. The van der Waals surface area contributed by atoms with Gasteiger partial charge in [0, 0.05) is 12.0 Å². The van der Waals surface area contributed by atoms with Crippen molar-refractivity contribution in [3.63, 3.8) is 0 Å². The van der Waals surface area contributed by atoms with Gasteiger partial charge in [-0.2, -0.15) is 0 Å². The van der Waals surface area contributed by atoms with Gasteiger partial charge in [0.15, 0.2) is 5.60 Å². The first-order valence-electron chi connectivity index (χ1n) is 5.87. The molecule has 0 radical (unpaired) electrons. The number of hydrogen-bond acceptors (Lipinski definition) is 9. The van der Waals surface area contributed by atoms with Crippen LogP contribution in [0.3, 0.4) is 0 Å². The van der Waals surface area contributed by atoms with E-state index < -0.39 is 54.3 Å². The Morgan fingerprint density at radius 2 is 1.28 bits per heavy atom. The fourth-order valence-corrected chi connectivity index (χ4v) is 1.11. The van der Waals surface area contributed by atoms with Crippen molar-refractivity contribution in [3.8, 4) is 0 Å². The average Bonchev–Trinajstić information content (AvgIpc) is 2.34. The minimum atomic E-state index is -2.74. The van der Waals surface area contributed by atoms with Crippen LogP contribution in [-0.4, -0.2) is 61.9 Å². The van der Waals surface area contributed by atoms with E-state index in [-0.39, 0.29) is 72.0 Å². The third kappa shape index (κ3) is 17.9. The van der Waals surface area contributed by atoms with E-state index in [0.717, 1.165) is 0 Å². The van der Waals surface area contributed by atoms with Crippen LogP contribution < -0.4 is 75.1 Å². The molecule has 0 saturated carbocycles. The summed E-state index contributed by atoms with van der Waals surface area (Å²) in [7, 11) is 0. The monoisotopic (exact) mass is 383 g/mol. The van der Waals surface area contributed by atoms with E-state index in [2.05, 4.69) is 0 Å². The molecule has 0 aromatic rings. The summed E-state index contributed by atoms with van der Waals surface area (Å²) >= 11 is 0. The van der Waals surface area contributed by atoms with Gasteiger partial charge in [0.05, 0.1) is 18.8 Å². The predicted octanol–water partition coefficient (Wildman–Crippen LogP) is -10.6. The van der Waals surface area contributed by atoms with Crippen LogP contribution in [-0.2, 0) is 24.0 Å². The maximum Gasteiger partial charge on any atom is 1.00 e. The van der Waals surface area contributed by atoms with Gasteiger partial charge < -0.3 is 46.0 Å². The molecular formula is C11H15NNa2O11. The van der Waals surface area contributed by atoms with Crippen LogP contribution >= 0.6 is 0 Å². The van der Waals surface area contributed by atoms with Crippen molar-refractivity contribution < 1.29 is 114 Å². The zero-order valence-corrected chi connectivity index (χ0v) is 17.6. The molecule has 0 aliphatic rings. The smallest absolute Gasteiger partial charge is 0.550 e. The maximum absolute atomic E-state index is 10.3. The van der Waals surface area contributed by atoms with Crippen LogP contribution in [0.15, 0.2) is 0 Å². The number of nitrogens with two attached hydrogens (primary N) is 1. The first-order chi connectivity index (χ1) is 10.3. The molecule has 0 amide bonds.